The molecule has 5 heteroatoms. The second kappa shape index (κ2) is 6.74. The lowest BCUT2D eigenvalue weighted by Crippen LogP contribution is -2.13. The standard InChI is InChI=1S/C16H17N3OS/c20-14(12-5-2-1-3-6-12)10-17-16-9-13(18-11-19-16)15-7-4-8-21-15/h1-6,8-9,11,14-15,20H,7,10H2,(H,17,18,19). The second-order valence-corrected chi connectivity index (χ2v) is 5.98. The van der Waals surface area contributed by atoms with E-state index in [2.05, 4.69) is 26.8 Å². The van der Waals surface area contributed by atoms with Gasteiger partial charge in [0.15, 0.2) is 0 Å². The molecular formula is C16H17N3OS. The van der Waals surface area contributed by atoms with Crippen molar-refractivity contribution in [3.05, 3.63) is 65.5 Å². The number of aromatic nitrogens is 2. The molecule has 2 heterocycles. The smallest absolute Gasteiger partial charge is 0.129 e. The van der Waals surface area contributed by atoms with Crippen LogP contribution in [0.3, 0.4) is 0 Å². The van der Waals surface area contributed by atoms with Gasteiger partial charge in [-0.05, 0) is 17.4 Å². The number of hydrogen-bond acceptors (Lipinski definition) is 5. The first-order chi connectivity index (χ1) is 10.3. The number of rotatable bonds is 5. The van der Waals surface area contributed by atoms with E-state index >= 15 is 0 Å². The van der Waals surface area contributed by atoms with E-state index in [9.17, 15) is 5.11 Å². The van der Waals surface area contributed by atoms with Crippen molar-refractivity contribution in [3.63, 3.8) is 0 Å². The van der Waals surface area contributed by atoms with Gasteiger partial charge in [-0.25, -0.2) is 9.97 Å². The normalized spacial score (nSPS) is 18.6. The van der Waals surface area contributed by atoms with E-state index in [1.165, 1.54) is 0 Å². The summed E-state index contributed by atoms with van der Waals surface area (Å²) in [6.45, 7) is 0.427. The minimum atomic E-state index is -0.549. The SMILES string of the molecule is OC(CNc1cc(C2CC=CS2)ncn1)c1ccccc1. The molecule has 3 rings (SSSR count). The molecule has 1 aromatic carbocycles. The lowest BCUT2D eigenvalue weighted by Gasteiger charge is -2.14. The van der Waals surface area contributed by atoms with E-state index in [4.69, 9.17) is 0 Å². The lowest BCUT2D eigenvalue weighted by atomic mass is 10.1. The van der Waals surface area contributed by atoms with Crippen molar-refractivity contribution >= 4 is 17.6 Å². The molecule has 0 aliphatic carbocycles. The molecule has 21 heavy (non-hydrogen) atoms. The van der Waals surface area contributed by atoms with Crippen molar-refractivity contribution in [3.8, 4) is 0 Å². The molecule has 0 saturated carbocycles. The van der Waals surface area contributed by atoms with E-state index in [1.54, 1.807) is 18.1 Å². The van der Waals surface area contributed by atoms with Crippen molar-refractivity contribution in [2.75, 3.05) is 11.9 Å². The average molecular weight is 299 g/mol. The zero-order valence-corrected chi connectivity index (χ0v) is 12.3. The van der Waals surface area contributed by atoms with E-state index in [0.717, 1.165) is 23.5 Å². The summed E-state index contributed by atoms with van der Waals surface area (Å²) in [5, 5.41) is 15.8. The van der Waals surface area contributed by atoms with Crippen LogP contribution in [0, 0.1) is 0 Å². The van der Waals surface area contributed by atoms with E-state index < -0.39 is 6.10 Å². The largest absolute Gasteiger partial charge is 0.387 e. The molecule has 0 fully saturated rings. The van der Waals surface area contributed by atoms with Gasteiger partial charge in [-0.15, -0.1) is 11.8 Å². The molecule has 4 nitrogen and oxygen atoms in total. The van der Waals surface area contributed by atoms with Crippen molar-refractivity contribution in [2.45, 2.75) is 17.8 Å². The van der Waals surface area contributed by atoms with Gasteiger partial charge in [-0.3, -0.25) is 0 Å². The molecule has 108 valence electrons. The predicted molar refractivity (Wildman–Crippen MR) is 86.0 cm³/mol. The Hall–Kier alpha value is -1.85. The molecule has 1 aromatic heterocycles. The maximum Gasteiger partial charge on any atom is 0.129 e. The van der Waals surface area contributed by atoms with Crippen LogP contribution in [-0.2, 0) is 0 Å². The van der Waals surface area contributed by atoms with Crippen LogP contribution in [0.15, 0.2) is 54.2 Å². The number of hydrogen-bond donors (Lipinski definition) is 2. The van der Waals surface area contributed by atoms with Gasteiger partial charge in [0.05, 0.1) is 17.0 Å². The third-order valence-electron chi connectivity index (χ3n) is 3.37. The van der Waals surface area contributed by atoms with Gasteiger partial charge in [0, 0.05) is 12.6 Å². The van der Waals surface area contributed by atoms with Gasteiger partial charge >= 0.3 is 0 Å². The Morgan fingerprint density at radius 2 is 2.14 bits per heavy atom. The summed E-state index contributed by atoms with van der Waals surface area (Å²) in [6.07, 6.45) is 4.19. The van der Waals surface area contributed by atoms with Crippen molar-refractivity contribution in [2.24, 2.45) is 0 Å². The molecular weight excluding hydrogens is 282 g/mol. The highest BCUT2D eigenvalue weighted by Gasteiger charge is 2.16. The van der Waals surface area contributed by atoms with Gasteiger partial charge in [-0.1, -0.05) is 36.4 Å². The molecule has 1 aliphatic heterocycles. The van der Waals surface area contributed by atoms with Gasteiger partial charge in [0.2, 0.25) is 0 Å². The van der Waals surface area contributed by atoms with Gasteiger partial charge in [-0.2, -0.15) is 0 Å². The summed E-state index contributed by atoms with van der Waals surface area (Å²) in [6, 6.07) is 11.6. The molecule has 0 spiro atoms. The zero-order valence-electron chi connectivity index (χ0n) is 11.5. The monoisotopic (exact) mass is 299 g/mol. The maximum atomic E-state index is 10.1. The summed E-state index contributed by atoms with van der Waals surface area (Å²) in [7, 11) is 0. The topological polar surface area (TPSA) is 58.0 Å². The highest BCUT2D eigenvalue weighted by atomic mass is 32.2. The average Bonchev–Trinajstić information content (AvgIpc) is 3.08. The van der Waals surface area contributed by atoms with Crippen LogP contribution in [-0.4, -0.2) is 21.6 Å². The highest BCUT2D eigenvalue weighted by molar-refractivity contribution is 8.02. The first-order valence-electron chi connectivity index (χ1n) is 6.92. The number of aliphatic hydroxyl groups is 1. The minimum absolute atomic E-state index is 0.382. The summed E-state index contributed by atoms with van der Waals surface area (Å²) in [4.78, 5) is 8.55. The minimum Gasteiger partial charge on any atom is -0.387 e. The van der Waals surface area contributed by atoms with Gasteiger partial charge in [0.1, 0.15) is 12.1 Å². The Kier molecular flexibility index (Phi) is 4.52. The van der Waals surface area contributed by atoms with Crippen LogP contribution >= 0.6 is 11.8 Å². The fourth-order valence-corrected chi connectivity index (χ4v) is 3.12. The van der Waals surface area contributed by atoms with Crippen LogP contribution in [0.5, 0.6) is 0 Å². The number of thioether (sulfide) groups is 1. The molecule has 0 radical (unpaired) electrons. The Bertz CT molecular complexity index is 610. The third-order valence-corrected chi connectivity index (χ3v) is 4.48. The van der Waals surface area contributed by atoms with Gasteiger partial charge in [0.25, 0.3) is 0 Å². The fraction of sp³-hybridized carbons (Fsp3) is 0.250. The van der Waals surface area contributed by atoms with Crippen LogP contribution in [0.1, 0.15) is 29.0 Å². The molecule has 0 saturated heterocycles. The number of nitrogens with one attached hydrogen (secondary N) is 1. The summed E-state index contributed by atoms with van der Waals surface area (Å²) in [5.74, 6) is 0.752. The Labute approximate surface area is 128 Å². The Morgan fingerprint density at radius 3 is 2.90 bits per heavy atom. The van der Waals surface area contributed by atoms with Crippen LogP contribution in [0.2, 0.25) is 0 Å². The molecule has 0 amide bonds. The van der Waals surface area contributed by atoms with E-state index in [-0.39, 0.29) is 0 Å². The molecule has 2 aromatic rings. The number of allylic oxidation sites excluding steroid dienone is 1. The lowest BCUT2D eigenvalue weighted by molar-refractivity contribution is 0.191. The molecule has 2 N–H and O–H groups in total. The van der Waals surface area contributed by atoms with E-state index in [0.29, 0.717) is 11.8 Å². The highest BCUT2D eigenvalue weighted by Crippen LogP contribution is 2.37. The number of aliphatic hydroxyl groups excluding tert-OH is 1. The first-order valence-corrected chi connectivity index (χ1v) is 7.86. The maximum absolute atomic E-state index is 10.1. The second-order valence-electron chi connectivity index (χ2n) is 4.87. The third kappa shape index (κ3) is 3.62. The van der Waals surface area contributed by atoms with Crippen molar-refractivity contribution in [1.82, 2.24) is 9.97 Å². The Balaban J connectivity index is 1.61. The summed E-state index contributed by atoms with van der Waals surface area (Å²) < 4.78 is 0. The number of anilines is 1. The van der Waals surface area contributed by atoms with Crippen LogP contribution in [0.4, 0.5) is 5.82 Å². The van der Waals surface area contributed by atoms with Crippen molar-refractivity contribution < 1.29 is 5.11 Å². The molecule has 2 unspecified atom stereocenters. The molecule has 1 aliphatic rings. The van der Waals surface area contributed by atoms with Crippen LogP contribution in [0.25, 0.3) is 0 Å². The van der Waals surface area contributed by atoms with Crippen molar-refractivity contribution in [1.29, 1.82) is 0 Å². The van der Waals surface area contributed by atoms with Crippen LogP contribution < -0.4 is 5.32 Å². The Morgan fingerprint density at radius 1 is 1.29 bits per heavy atom. The molecule has 0 bridgehead atoms. The first kappa shape index (κ1) is 14.1. The fourth-order valence-electron chi connectivity index (χ4n) is 2.21. The van der Waals surface area contributed by atoms with Gasteiger partial charge < -0.3 is 10.4 Å². The zero-order chi connectivity index (χ0) is 14.5. The van der Waals surface area contributed by atoms with E-state index in [1.807, 2.05) is 36.4 Å². The molecule has 2 atom stereocenters. The number of benzene rings is 1. The quantitative estimate of drug-likeness (QED) is 0.887. The predicted octanol–water partition coefficient (Wildman–Crippen LogP) is 3.31. The summed E-state index contributed by atoms with van der Waals surface area (Å²) in [5.41, 5.74) is 1.92. The number of nitrogens with zero attached hydrogens (tertiary/aromatic N) is 2. The summed E-state index contributed by atoms with van der Waals surface area (Å²) >= 11 is 1.78.